The van der Waals surface area contributed by atoms with Crippen molar-refractivity contribution in [2.45, 2.75) is 31.0 Å². The molecule has 0 radical (unpaired) electrons. The summed E-state index contributed by atoms with van der Waals surface area (Å²) in [5, 5.41) is 9.90. The number of carbonyl (C=O) groups is 1. The Labute approximate surface area is 214 Å². The molecular formula is C22H21ClF2N4O7S. The van der Waals surface area contributed by atoms with E-state index in [1.54, 1.807) is 0 Å². The van der Waals surface area contributed by atoms with E-state index in [4.69, 9.17) is 30.5 Å². The highest BCUT2D eigenvalue weighted by Crippen LogP contribution is 2.31. The van der Waals surface area contributed by atoms with Crippen LogP contribution >= 0.6 is 11.6 Å². The molecule has 2 aromatic heterocycles. The molecule has 4 heterocycles. The van der Waals surface area contributed by atoms with Gasteiger partial charge < -0.3 is 29.0 Å². The molecule has 2 N–H and O–H groups in total. The molecule has 0 spiro atoms. The van der Waals surface area contributed by atoms with Crippen LogP contribution in [0.15, 0.2) is 22.6 Å². The van der Waals surface area contributed by atoms with Crippen molar-refractivity contribution in [1.29, 1.82) is 0 Å². The lowest BCUT2D eigenvalue weighted by atomic mass is 10.1. The van der Waals surface area contributed by atoms with Gasteiger partial charge in [0.05, 0.1) is 24.3 Å². The number of benzene rings is 1. The Morgan fingerprint density at radius 2 is 1.92 bits per heavy atom. The summed E-state index contributed by atoms with van der Waals surface area (Å²) in [5.74, 6) is -3.24. The van der Waals surface area contributed by atoms with E-state index in [9.17, 15) is 22.9 Å². The molecule has 11 nitrogen and oxygen atoms in total. The summed E-state index contributed by atoms with van der Waals surface area (Å²) in [5.41, 5.74) is -0.261. The monoisotopic (exact) mass is 558 g/mol. The van der Waals surface area contributed by atoms with Crippen LogP contribution in [0.1, 0.15) is 15.9 Å². The Bertz CT molecular complexity index is 1480. The second kappa shape index (κ2) is 9.76. The first kappa shape index (κ1) is 25.7. The zero-order chi connectivity index (χ0) is 26.5. The lowest BCUT2D eigenvalue weighted by Gasteiger charge is -2.15. The summed E-state index contributed by atoms with van der Waals surface area (Å²) in [6.07, 6.45) is 0.340. The van der Waals surface area contributed by atoms with Gasteiger partial charge in [-0.1, -0.05) is 11.6 Å². The number of carbonyl (C=O) groups excluding carboxylic acids is 1. The number of nitrogens with one attached hydrogen (secondary N) is 1. The fraction of sp³-hybridized carbons (Fsp3) is 0.409. The quantitative estimate of drug-likeness (QED) is 0.465. The number of aromatic nitrogens is 3. The number of amides is 1. The molecule has 0 saturated carbocycles. The smallest absolute Gasteiger partial charge is 0.296 e. The number of nitrogens with zero attached hydrogens (tertiary/aromatic N) is 3. The summed E-state index contributed by atoms with van der Waals surface area (Å²) in [7, 11) is -2.79. The molecular weight excluding hydrogens is 538 g/mol. The second-order valence-corrected chi connectivity index (χ2v) is 11.7. The maximum atomic E-state index is 14.6. The molecule has 1 aromatic carbocycles. The van der Waals surface area contributed by atoms with Crippen molar-refractivity contribution in [3.8, 4) is 11.9 Å². The van der Waals surface area contributed by atoms with Crippen molar-refractivity contribution < 1.29 is 41.8 Å². The maximum absolute atomic E-state index is 14.6. The Balaban J connectivity index is 1.31. The van der Waals surface area contributed by atoms with Gasteiger partial charge in [-0.25, -0.2) is 13.0 Å². The SMILES string of the molecule is CS(C)(=O)=NC(=O)c1cc(F)c(COc2nc3nc(O[C@@H]4CO[C@@H]5C(O)CO[C@@H]54)[nH]c3cc2Cl)c(F)c1. The molecule has 2 saturated heterocycles. The van der Waals surface area contributed by atoms with Crippen molar-refractivity contribution >= 4 is 38.4 Å². The number of hydrogen-bond donors (Lipinski definition) is 2. The van der Waals surface area contributed by atoms with Gasteiger partial charge in [0, 0.05) is 27.8 Å². The Morgan fingerprint density at radius 1 is 1.22 bits per heavy atom. The molecule has 1 amide bonds. The van der Waals surface area contributed by atoms with Gasteiger partial charge in [-0.3, -0.25) is 4.79 Å². The number of aliphatic hydroxyl groups excluding tert-OH is 1. The molecule has 15 heteroatoms. The lowest BCUT2D eigenvalue weighted by molar-refractivity contribution is 0.00706. The number of halogens is 3. The van der Waals surface area contributed by atoms with E-state index in [-0.39, 0.29) is 41.3 Å². The molecule has 0 aliphatic carbocycles. The molecule has 2 fully saturated rings. The van der Waals surface area contributed by atoms with E-state index in [1.165, 1.54) is 18.6 Å². The number of fused-ring (bicyclic) bond motifs is 2. The van der Waals surface area contributed by atoms with Crippen LogP contribution in [0, 0.1) is 11.6 Å². The highest BCUT2D eigenvalue weighted by molar-refractivity contribution is 7.92. The fourth-order valence-corrected chi connectivity index (χ4v) is 4.69. The summed E-state index contributed by atoms with van der Waals surface area (Å²) >= 11 is 6.23. The first-order chi connectivity index (χ1) is 17.5. The van der Waals surface area contributed by atoms with Gasteiger partial charge in [-0.2, -0.15) is 14.3 Å². The minimum atomic E-state index is -2.79. The maximum Gasteiger partial charge on any atom is 0.296 e. The first-order valence-corrected chi connectivity index (χ1v) is 13.7. The third-order valence-corrected chi connectivity index (χ3v) is 6.54. The van der Waals surface area contributed by atoms with Crippen LogP contribution in [0.2, 0.25) is 5.02 Å². The summed E-state index contributed by atoms with van der Waals surface area (Å²) in [4.78, 5) is 23.4. The number of imidazole rings is 1. The summed E-state index contributed by atoms with van der Waals surface area (Å²) in [6, 6.07) is 3.16. The van der Waals surface area contributed by atoms with Crippen LogP contribution < -0.4 is 9.47 Å². The number of ether oxygens (including phenoxy) is 4. The van der Waals surface area contributed by atoms with Gasteiger partial charge in [0.25, 0.3) is 11.9 Å². The highest BCUT2D eigenvalue weighted by atomic mass is 35.5. The molecule has 0 bridgehead atoms. The number of H-pyrrole nitrogens is 1. The van der Waals surface area contributed by atoms with E-state index >= 15 is 0 Å². The number of rotatable bonds is 6. The van der Waals surface area contributed by atoms with Gasteiger partial charge >= 0.3 is 0 Å². The molecule has 5 rings (SSSR count). The van der Waals surface area contributed by atoms with Crippen molar-refractivity contribution in [2.75, 3.05) is 25.7 Å². The molecule has 1 unspecified atom stereocenters. The molecule has 37 heavy (non-hydrogen) atoms. The van der Waals surface area contributed by atoms with E-state index in [0.717, 1.165) is 12.1 Å². The third-order valence-electron chi connectivity index (χ3n) is 5.66. The van der Waals surface area contributed by atoms with Gasteiger partial charge in [-0.15, -0.1) is 0 Å². The van der Waals surface area contributed by atoms with Crippen LogP contribution in [0.25, 0.3) is 11.2 Å². The van der Waals surface area contributed by atoms with Crippen LogP contribution in [0.4, 0.5) is 8.78 Å². The zero-order valence-electron chi connectivity index (χ0n) is 19.4. The Hall–Kier alpha value is -2.91. The second-order valence-electron chi connectivity index (χ2n) is 8.79. The number of hydrogen-bond acceptors (Lipinski definition) is 9. The van der Waals surface area contributed by atoms with Gasteiger partial charge in [-0.05, 0) is 18.2 Å². The van der Waals surface area contributed by atoms with Gasteiger partial charge in [0.1, 0.15) is 41.6 Å². The first-order valence-electron chi connectivity index (χ1n) is 10.9. The van der Waals surface area contributed by atoms with E-state index in [2.05, 4.69) is 19.3 Å². The van der Waals surface area contributed by atoms with Gasteiger partial charge in [0.15, 0.2) is 11.8 Å². The number of aliphatic hydroxyl groups is 1. The van der Waals surface area contributed by atoms with E-state index in [1.807, 2.05) is 0 Å². The van der Waals surface area contributed by atoms with Crippen molar-refractivity contribution in [1.82, 2.24) is 15.0 Å². The fourth-order valence-electron chi connectivity index (χ4n) is 3.98. The van der Waals surface area contributed by atoms with Crippen LogP contribution in [-0.4, -0.2) is 80.3 Å². The zero-order valence-corrected chi connectivity index (χ0v) is 21.0. The Morgan fingerprint density at radius 3 is 2.62 bits per heavy atom. The lowest BCUT2D eigenvalue weighted by Crippen LogP contribution is -2.34. The van der Waals surface area contributed by atoms with Crippen LogP contribution in [0.3, 0.4) is 0 Å². The standard InChI is InChI=1S/C22H21ClF2N4O7S/c1-37(2,32)29-20(31)9-3-12(24)10(13(25)4-9)6-35-21-11(23)5-14-19(27-21)28-22(26-14)36-16-8-34-17-15(30)7-33-18(16)17/h3-5,15-18,30H,6-8H2,1-2H3,(H,26,27,28)/t15?,16-,17-,18-/m1/s1. The average molecular weight is 559 g/mol. The third kappa shape index (κ3) is 5.38. The van der Waals surface area contributed by atoms with Crippen molar-refractivity contribution in [3.63, 3.8) is 0 Å². The average Bonchev–Trinajstić information content (AvgIpc) is 3.48. The minimum Gasteiger partial charge on any atom is -0.471 e. The molecule has 2 aliphatic rings. The summed E-state index contributed by atoms with van der Waals surface area (Å²) in [6.45, 7) is -0.227. The molecule has 198 valence electrons. The summed E-state index contributed by atoms with van der Waals surface area (Å²) < 4.78 is 66.6. The van der Waals surface area contributed by atoms with E-state index in [0.29, 0.717) is 5.52 Å². The van der Waals surface area contributed by atoms with E-state index < -0.39 is 63.9 Å². The predicted molar refractivity (Wildman–Crippen MR) is 126 cm³/mol. The topological polar surface area (TPSA) is 145 Å². The van der Waals surface area contributed by atoms with Crippen LogP contribution in [0.5, 0.6) is 11.9 Å². The highest BCUT2D eigenvalue weighted by Gasteiger charge is 2.48. The number of pyridine rings is 1. The van der Waals surface area contributed by atoms with Gasteiger partial charge in [0.2, 0.25) is 5.88 Å². The molecule has 2 aliphatic heterocycles. The number of aromatic amines is 1. The predicted octanol–water partition coefficient (Wildman–Crippen LogP) is 2.24. The van der Waals surface area contributed by atoms with Crippen molar-refractivity contribution in [2.24, 2.45) is 4.36 Å². The minimum absolute atomic E-state index is 0.0429. The molecule has 4 atom stereocenters. The Kier molecular flexibility index (Phi) is 6.79. The normalized spacial score (nSPS) is 23.3. The van der Waals surface area contributed by atoms with Crippen LogP contribution in [-0.2, 0) is 25.8 Å². The van der Waals surface area contributed by atoms with Crippen molar-refractivity contribution in [3.05, 3.63) is 46.0 Å². The largest absolute Gasteiger partial charge is 0.471 e. The molecule has 3 aromatic rings.